The van der Waals surface area contributed by atoms with Crippen LogP contribution in [0.5, 0.6) is 5.75 Å². The molecule has 2 aliphatic rings. The number of hydrogen-bond acceptors (Lipinski definition) is 5. The van der Waals surface area contributed by atoms with Gasteiger partial charge in [-0.3, -0.25) is 19.3 Å². The normalized spacial score (nSPS) is 16.4. The first-order valence-corrected chi connectivity index (χ1v) is 12.7. The summed E-state index contributed by atoms with van der Waals surface area (Å²) in [6.07, 6.45) is 2.41. The van der Waals surface area contributed by atoms with Gasteiger partial charge in [0.1, 0.15) is 18.9 Å². The van der Waals surface area contributed by atoms with Gasteiger partial charge in [0.05, 0.1) is 4.91 Å². The highest BCUT2D eigenvalue weighted by Gasteiger charge is 2.37. The number of hydrogen-bond donors (Lipinski definition) is 0. The predicted octanol–water partition coefficient (Wildman–Crippen LogP) is 5.54. The van der Waals surface area contributed by atoms with E-state index in [1.54, 1.807) is 17.0 Å². The van der Waals surface area contributed by atoms with Crippen molar-refractivity contribution < 1.29 is 19.1 Å². The van der Waals surface area contributed by atoms with Crippen molar-refractivity contribution in [2.24, 2.45) is 0 Å². The van der Waals surface area contributed by atoms with E-state index in [4.69, 9.17) is 16.3 Å². The topological polar surface area (TPSA) is 66.9 Å². The lowest BCUT2D eigenvalue weighted by atomic mass is 10.00. The molecular formula is C28H23ClN2O4S. The van der Waals surface area contributed by atoms with E-state index in [0.29, 0.717) is 30.5 Å². The number of rotatable bonds is 6. The molecule has 3 amide bonds. The molecule has 0 spiro atoms. The van der Waals surface area contributed by atoms with Crippen molar-refractivity contribution in [1.82, 2.24) is 9.80 Å². The number of fused-ring (bicyclic) bond motifs is 1. The van der Waals surface area contributed by atoms with Crippen LogP contribution >= 0.6 is 23.4 Å². The van der Waals surface area contributed by atoms with E-state index in [2.05, 4.69) is 6.07 Å². The zero-order chi connectivity index (χ0) is 25.1. The Bertz CT molecular complexity index is 1370. The standard InChI is InChI=1S/C28H23ClN2O4S/c29-24-11-4-3-9-22(24)18-35-23-10-5-6-19(14-23)15-25-27(33)31(28(34)36-25)17-26(32)30-13-12-20-7-1-2-8-21(20)16-30/h1-11,14-15H,12-13,16-18H2/b25-15+. The smallest absolute Gasteiger partial charge is 0.294 e. The number of imide groups is 1. The van der Waals surface area contributed by atoms with Crippen molar-refractivity contribution in [3.8, 4) is 5.75 Å². The SMILES string of the molecule is O=C(CN1C(=O)S/C(=C/c2cccc(OCc3ccccc3Cl)c2)C1=O)N1CCc2ccccc2C1. The highest BCUT2D eigenvalue weighted by Crippen LogP contribution is 2.33. The number of carbonyl (C=O) groups excluding carboxylic acids is 3. The molecule has 2 aliphatic heterocycles. The molecule has 0 saturated carbocycles. The average Bonchev–Trinajstić information content (AvgIpc) is 3.15. The van der Waals surface area contributed by atoms with Gasteiger partial charge in [-0.1, -0.05) is 66.2 Å². The van der Waals surface area contributed by atoms with Gasteiger partial charge in [-0.15, -0.1) is 0 Å². The Morgan fingerprint density at radius 2 is 1.78 bits per heavy atom. The molecule has 5 rings (SSSR count). The monoisotopic (exact) mass is 518 g/mol. The van der Waals surface area contributed by atoms with Crippen molar-refractivity contribution in [2.45, 2.75) is 19.6 Å². The lowest BCUT2D eigenvalue weighted by molar-refractivity contribution is -0.136. The van der Waals surface area contributed by atoms with Crippen LogP contribution in [0.1, 0.15) is 22.3 Å². The largest absolute Gasteiger partial charge is 0.489 e. The first-order chi connectivity index (χ1) is 17.5. The third kappa shape index (κ3) is 5.32. The summed E-state index contributed by atoms with van der Waals surface area (Å²) < 4.78 is 5.86. The summed E-state index contributed by atoms with van der Waals surface area (Å²) in [6, 6.07) is 22.7. The zero-order valence-electron chi connectivity index (χ0n) is 19.4. The number of ether oxygens (including phenoxy) is 1. The third-order valence-electron chi connectivity index (χ3n) is 6.16. The van der Waals surface area contributed by atoms with Crippen molar-refractivity contribution in [2.75, 3.05) is 13.1 Å². The van der Waals surface area contributed by atoms with Crippen molar-refractivity contribution >= 4 is 46.5 Å². The Balaban J connectivity index is 1.23. The van der Waals surface area contributed by atoms with Crippen molar-refractivity contribution in [1.29, 1.82) is 0 Å². The molecule has 0 atom stereocenters. The zero-order valence-corrected chi connectivity index (χ0v) is 20.9. The summed E-state index contributed by atoms with van der Waals surface area (Å²) in [5.74, 6) is -0.0790. The highest BCUT2D eigenvalue weighted by atomic mass is 35.5. The molecule has 0 unspecified atom stereocenters. The van der Waals surface area contributed by atoms with Gasteiger partial charge in [-0.05, 0) is 59.1 Å². The van der Waals surface area contributed by atoms with E-state index < -0.39 is 11.1 Å². The van der Waals surface area contributed by atoms with Gasteiger partial charge >= 0.3 is 0 Å². The van der Waals surface area contributed by atoms with Gasteiger partial charge in [-0.2, -0.15) is 0 Å². The molecule has 8 heteroatoms. The Labute approximate surface area is 218 Å². The Morgan fingerprint density at radius 3 is 2.61 bits per heavy atom. The third-order valence-corrected chi connectivity index (χ3v) is 7.43. The fraction of sp³-hybridized carbons (Fsp3) is 0.179. The molecule has 0 aliphatic carbocycles. The summed E-state index contributed by atoms with van der Waals surface area (Å²) in [6.45, 7) is 1.11. The summed E-state index contributed by atoms with van der Waals surface area (Å²) in [4.78, 5) is 41.5. The van der Waals surface area contributed by atoms with Crippen LogP contribution in [0.4, 0.5) is 4.79 Å². The van der Waals surface area contributed by atoms with Gasteiger partial charge in [-0.25, -0.2) is 0 Å². The number of carbonyl (C=O) groups is 3. The van der Waals surface area contributed by atoms with Crippen LogP contribution < -0.4 is 4.74 Å². The minimum Gasteiger partial charge on any atom is -0.489 e. The fourth-order valence-electron chi connectivity index (χ4n) is 4.20. The maximum Gasteiger partial charge on any atom is 0.294 e. The van der Waals surface area contributed by atoms with Gasteiger partial charge in [0.15, 0.2) is 0 Å². The number of nitrogens with zero attached hydrogens (tertiary/aromatic N) is 2. The first kappa shape index (κ1) is 24.2. The molecule has 3 aromatic carbocycles. The van der Waals surface area contributed by atoms with Crippen LogP contribution in [0.15, 0.2) is 77.7 Å². The van der Waals surface area contributed by atoms with Crippen LogP contribution in [0, 0.1) is 0 Å². The number of amides is 3. The molecule has 2 heterocycles. The van der Waals surface area contributed by atoms with Crippen LogP contribution in [0.2, 0.25) is 5.02 Å². The van der Waals surface area contributed by atoms with Gasteiger partial charge in [0.25, 0.3) is 11.1 Å². The van der Waals surface area contributed by atoms with Crippen molar-refractivity contribution in [3.05, 3.63) is 105 Å². The second-order valence-corrected chi connectivity index (χ2v) is 9.95. The number of benzene rings is 3. The van der Waals surface area contributed by atoms with Gasteiger partial charge < -0.3 is 9.64 Å². The maximum absolute atomic E-state index is 13.0. The number of halogens is 1. The fourth-order valence-corrected chi connectivity index (χ4v) is 5.23. The van der Waals surface area contributed by atoms with Crippen LogP contribution in [0.3, 0.4) is 0 Å². The summed E-state index contributed by atoms with van der Waals surface area (Å²) in [5.41, 5.74) is 3.92. The van der Waals surface area contributed by atoms with E-state index in [-0.39, 0.29) is 17.4 Å². The van der Waals surface area contributed by atoms with Crippen LogP contribution in [-0.4, -0.2) is 39.9 Å². The van der Waals surface area contributed by atoms with E-state index in [9.17, 15) is 14.4 Å². The highest BCUT2D eigenvalue weighted by molar-refractivity contribution is 8.18. The summed E-state index contributed by atoms with van der Waals surface area (Å²) >= 11 is 7.03. The van der Waals surface area contributed by atoms with E-state index in [1.807, 2.05) is 60.7 Å². The molecule has 36 heavy (non-hydrogen) atoms. The molecule has 0 aromatic heterocycles. The maximum atomic E-state index is 13.0. The minimum atomic E-state index is -0.460. The second kappa shape index (κ2) is 10.6. The summed E-state index contributed by atoms with van der Waals surface area (Å²) in [5, 5.41) is 0.189. The molecule has 6 nitrogen and oxygen atoms in total. The average molecular weight is 519 g/mol. The van der Waals surface area contributed by atoms with E-state index in [1.165, 1.54) is 5.56 Å². The van der Waals surface area contributed by atoms with Gasteiger partial charge in [0.2, 0.25) is 5.91 Å². The lowest BCUT2D eigenvalue weighted by Crippen LogP contribution is -2.44. The molecule has 0 radical (unpaired) electrons. The molecule has 0 bridgehead atoms. The predicted molar refractivity (Wildman–Crippen MR) is 140 cm³/mol. The molecule has 1 fully saturated rings. The van der Waals surface area contributed by atoms with E-state index in [0.717, 1.165) is 39.8 Å². The molecule has 0 N–H and O–H groups in total. The minimum absolute atomic E-state index is 0.233. The number of thioether (sulfide) groups is 1. The van der Waals surface area contributed by atoms with Crippen LogP contribution in [-0.2, 0) is 29.2 Å². The quantitative estimate of drug-likeness (QED) is 0.401. The molecule has 3 aromatic rings. The van der Waals surface area contributed by atoms with Gasteiger partial charge in [0, 0.05) is 23.7 Å². The lowest BCUT2D eigenvalue weighted by Gasteiger charge is -2.29. The second-order valence-electron chi connectivity index (χ2n) is 8.55. The Morgan fingerprint density at radius 1 is 1.00 bits per heavy atom. The molecular weight excluding hydrogens is 496 g/mol. The first-order valence-electron chi connectivity index (χ1n) is 11.5. The Hall–Kier alpha value is -3.55. The van der Waals surface area contributed by atoms with Crippen LogP contribution in [0.25, 0.3) is 6.08 Å². The summed E-state index contributed by atoms with van der Waals surface area (Å²) in [7, 11) is 0. The molecule has 182 valence electrons. The molecule has 1 saturated heterocycles. The Kier molecular flexibility index (Phi) is 7.11. The van der Waals surface area contributed by atoms with Crippen molar-refractivity contribution in [3.63, 3.8) is 0 Å². The van der Waals surface area contributed by atoms with E-state index >= 15 is 0 Å².